The molecule has 0 bridgehead atoms. The van der Waals surface area contributed by atoms with Crippen molar-refractivity contribution in [3.8, 4) is 89.3 Å². The van der Waals surface area contributed by atoms with E-state index in [2.05, 4.69) is 224 Å². The molecule has 0 aliphatic heterocycles. The van der Waals surface area contributed by atoms with E-state index in [1.54, 1.807) is 0 Å². The molecule has 0 radical (unpaired) electrons. The monoisotopic (exact) mass is 843 g/mol. The van der Waals surface area contributed by atoms with Gasteiger partial charge in [0.2, 0.25) is 0 Å². The normalized spacial score (nSPS) is 11.3. The van der Waals surface area contributed by atoms with Crippen molar-refractivity contribution in [3.63, 3.8) is 0 Å². The summed E-state index contributed by atoms with van der Waals surface area (Å²) in [5, 5.41) is 17.2. The molecular weight excluding hydrogens is 806 g/mol. The van der Waals surface area contributed by atoms with E-state index in [-0.39, 0.29) is 14.5 Å². The summed E-state index contributed by atoms with van der Waals surface area (Å²) < 4.78 is 2.77. The first-order valence-electron chi connectivity index (χ1n) is 20.5. The van der Waals surface area contributed by atoms with Crippen LogP contribution in [0.15, 0.2) is 224 Å². The van der Waals surface area contributed by atoms with E-state index >= 15 is 0 Å². The second-order valence-electron chi connectivity index (χ2n) is 15.1. The van der Waals surface area contributed by atoms with Crippen LogP contribution in [-0.4, -0.2) is 29.9 Å². The zero-order valence-corrected chi connectivity index (χ0v) is 34.8. The molecule has 0 amide bonds. The van der Waals surface area contributed by atoms with Gasteiger partial charge in [0.25, 0.3) is 0 Å². The number of hydrogen-bond donors (Lipinski definition) is 0. The molecule has 286 valence electrons. The molecule has 61 heavy (non-hydrogen) atoms. The molecule has 0 atom stereocenters. The quantitative estimate of drug-likeness (QED) is 0.143. The topological polar surface area (TPSA) is 38.7 Å². The number of rotatable bonds is 8. The SMILES string of the molecule is c1ccc(-c2ccccc2-c2ccc3[se]c4ccccc4c3c2-c2c(-c3ccccc3)cccc2-c2nnnc(-c3ccccc3)c2-c2ccccc2-c2ccccc2)cc1. The standard InChI is InChI=1S/C57H37N3Se/c1-5-20-38(21-6-1)42-28-13-15-30-45(42)47-36-37-51-53(48-32-17-18-35-50(48)61-51)54(47)52-44(40-24-9-3-10-25-40)33-19-34-49(52)57-55(56(58-60-59-57)41-26-11-4-12-27-41)46-31-16-14-29-43(46)39-22-7-2-8-23-39/h1-37H. The summed E-state index contributed by atoms with van der Waals surface area (Å²) in [6.07, 6.45) is 0. The molecule has 9 aromatic carbocycles. The van der Waals surface area contributed by atoms with Gasteiger partial charge in [0.15, 0.2) is 0 Å². The Balaban J connectivity index is 1.32. The third-order valence-corrected chi connectivity index (χ3v) is 14.0. The number of aromatic nitrogens is 3. The van der Waals surface area contributed by atoms with Gasteiger partial charge < -0.3 is 0 Å². The Morgan fingerprint density at radius 2 is 0.738 bits per heavy atom. The maximum absolute atomic E-state index is 5.12. The van der Waals surface area contributed by atoms with Gasteiger partial charge in [-0.05, 0) is 0 Å². The molecule has 0 aliphatic rings. The van der Waals surface area contributed by atoms with Crippen molar-refractivity contribution in [2.24, 2.45) is 0 Å². The van der Waals surface area contributed by atoms with Gasteiger partial charge in [0, 0.05) is 0 Å². The molecular formula is C57H37N3Se. The van der Waals surface area contributed by atoms with Crippen molar-refractivity contribution >= 4 is 33.8 Å². The van der Waals surface area contributed by atoms with Crippen LogP contribution in [-0.2, 0) is 0 Å². The van der Waals surface area contributed by atoms with Crippen molar-refractivity contribution < 1.29 is 0 Å². The Hall–Kier alpha value is -7.49. The van der Waals surface area contributed by atoms with Crippen molar-refractivity contribution in [1.82, 2.24) is 15.4 Å². The van der Waals surface area contributed by atoms with Crippen LogP contribution in [0.1, 0.15) is 0 Å². The Bertz CT molecular complexity index is 3340. The van der Waals surface area contributed by atoms with Crippen LogP contribution >= 0.6 is 0 Å². The molecule has 2 heterocycles. The molecule has 11 rings (SSSR count). The van der Waals surface area contributed by atoms with Gasteiger partial charge in [-0.2, -0.15) is 0 Å². The summed E-state index contributed by atoms with van der Waals surface area (Å²) in [6.45, 7) is 0. The summed E-state index contributed by atoms with van der Waals surface area (Å²) in [5.41, 5.74) is 17.0. The van der Waals surface area contributed by atoms with E-state index in [0.29, 0.717) is 0 Å². The van der Waals surface area contributed by atoms with Gasteiger partial charge >= 0.3 is 357 Å². The van der Waals surface area contributed by atoms with Crippen molar-refractivity contribution in [1.29, 1.82) is 0 Å². The third kappa shape index (κ3) is 6.60. The summed E-state index contributed by atoms with van der Waals surface area (Å²) in [5.74, 6) is 0. The molecule has 2 aromatic heterocycles. The van der Waals surface area contributed by atoms with E-state index in [1.807, 2.05) is 6.07 Å². The molecule has 0 fully saturated rings. The second-order valence-corrected chi connectivity index (χ2v) is 17.4. The minimum absolute atomic E-state index is 0.136. The van der Waals surface area contributed by atoms with Crippen molar-refractivity contribution in [2.75, 3.05) is 0 Å². The average Bonchev–Trinajstić information content (AvgIpc) is 3.73. The molecule has 0 saturated heterocycles. The zero-order valence-electron chi connectivity index (χ0n) is 33.1. The van der Waals surface area contributed by atoms with Gasteiger partial charge in [-0.25, -0.2) is 0 Å². The van der Waals surface area contributed by atoms with Gasteiger partial charge in [0.05, 0.1) is 0 Å². The first-order chi connectivity index (χ1) is 30.3. The molecule has 4 heteroatoms. The molecule has 0 unspecified atom stereocenters. The van der Waals surface area contributed by atoms with Crippen LogP contribution in [0.2, 0.25) is 0 Å². The Morgan fingerprint density at radius 3 is 1.39 bits per heavy atom. The molecule has 11 aromatic rings. The van der Waals surface area contributed by atoms with E-state index in [0.717, 1.165) is 61.5 Å². The number of hydrogen-bond acceptors (Lipinski definition) is 3. The molecule has 0 N–H and O–H groups in total. The maximum atomic E-state index is 5.12. The predicted octanol–water partition coefficient (Wildman–Crippen LogP) is 14.6. The van der Waals surface area contributed by atoms with Gasteiger partial charge in [-0.3, -0.25) is 0 Å². The zero-order chi connectivity index (χ0) is 40.5. The van der Waals surface area contributed by atoms with Crippen molar-refractivity contribution in [3.05, 3.63) is 224 Å². The number of benzene rings is 9. The predicted molar refractivity (Wildman–Crippen MR) is 255 cm³/mol. The fourth-order valence-corrected chi connectivity index (χ4v) is 11.2. The van der Waals surface area contributed by atoms with Gasteiger partial charge in [-0.15, -0.1) is 0 Å². The average molecular weight is 843 g/mol. The van der Waals surface area contributed by atoms with Crippen LogP contribution < -0.4 is 0 Å². The molecule has 0 aliphatic carbocycles. The van der Waals surface area contributed by atoms with E-state index in [4.69, 9.17) is 10.2 Å². The van der Waals surface area contributed by atoms with Crippen LogP contribution in [0.25, 0.3) is 109 Å². The van der Waals surface area contributed by atoms with E-state index in [1.165, 1.54) is 47.1 Å². The number of fused-ring (bicyclic) bond motifs is 3. The van der Waals surface area contributed by atoms with E-state index in [9.17, 15) is 0 Å². The van der Waals surface area contributed by atoms with E-state index < -0.39 is 0 Å². The Morgan fingerprint density at radius 1 is 0.262 bits per heavy atom. The first-order valence-corrected chi connectivity index (χ1v) is 22.2. The summed E-state index contributed by atoms with van der Waals surface area (Å²) >= 11 is 0.136. The van der Waals surface area contributed by atoms with Crippen LogP contribution in [0, 0.1) is 0 Å². The fourth-order valence-electron chi connectivity index (χ4n) is 8.90. The Kier molecular flexibility index (Phi) is 9.55. The van der Waals surface area contributed by atoms with Crippen LogP contribution in [0.5, 0.6) is 0 Å². The number of nitrogens with zero attached hydrogens (tertiary/aromatic N) is 3. The third-order valence-electron chi connectivity index (χ3n) is 11.6. The van der Waals surface area contributed by atoms with Gasteiger partial charge in [-0.1, -0.05) is 6.07 Å². The molecule has 0 spiro atoms. The summed E-state index contributed by atoms with van der Waals surface area (Å²) in [6, 6.07) is 80.5. The molecule has 3 nitrogen and oxygen atoms in total. The minimum atomic E-state index is 0.136. The summed E-state index contributed by atoms with van der Waals surface area (Å²) in [4.78, 5) is 0. The second kappa shape index (κ2) is 15.9. The van der Waals surface area contributed by atoms with Crippen molar-refractivity contribution in [2.45, 2.75) is 0 Å². The van der Waals surface area contributed by atoms with Gasteiger partial charge in [0.1, 0.15) is 0 Å². The Labute approximate surface area is 361 Å². The summed E-state index contributed by atoms with van der Waals surface area (Å²) in [7, 11) is 0. The first kappa shape index (κ1) is 36.6. The van der Waals surface area contributed by atoms with Crippen LogP contribution in [0.3, 0.4) is 0 Å². The molecule has 0 saturated carbocycles. The van der Waals surface area contributed by atoms with Crippen LogP contribution in [0.4, 0.5) is 0 Å². The fraction of sp³-hybridized carbons (Fsp3) is 0.